The first-order valence-corrected chi connectivity index (χ1v) is 11.6. The van der Waals surface area contributed by atoms with Gasteiger partial charge in [0.1, 0.15) is 10.7 Å². The van der Waals surface area contributed by atoms with Gasteiger partial charge in [0.25, 0.3) is 0 Å². The van der Waals surface area contributed by atoms with Crippen LogP contribution in [-0.4, -0.2) is 45.8 Å². The zero-order chi connectivity index (χ0) is 19.5. The third kappa shape index (κ3) is 4.83. The smallest absolute Gasteiger partial charge is 0.244 e. The number of pyridine rings is 1. The van der Waals surface area contributed by atoms with Gasteiger partial charge in [0.15, 0.2) is 0 Å². The first-order valence-electron chi connectivity index (χ1n) is 8.59. The number of hydrogen-bond acceptors (Lipinski definition) is 6. The number of rotatable bonds is 7. The van der Waals surface area contributed by atoms with E-state index in [9.17, 15) is 16.8 Å². The Morgan fingerprint density at radius 3 is 2.15 bits per heavy atom. The lowest BCUT2D eigenvalue weighted by Gasteiger charge is -2.15. The van der Waals surface area contributed by atoms with Crippen molar-refractivity contribution in [1.29, 1.82) is 0 Å². The lowest BCUT2D eigenvalue weighted by Crippen LogP contribution is -2.27. The van der Waals surface area contributed by atoms with Crippen LogP contribution in [0.5, 0.6) is 0 Å². The van der Waals surface area contributed by atoms with E-state index >= 15 is 0 Å². The second-order valence-corrected chi connectivity index (χ2v) is 9.86. The van der Waals surface area contributed by atoms with Crippen LogP contribution in [0.4, 0.5) is 5.82 Å². The summed E-state index contributed by atoms with van der Waals surface area (Å²) in [5, 5.41) is 8.20. The third-order valence-electron chi connectivity index (χ3n) is 4.41. The normalized spacial score (nSPS) is 15.7. The summed E-state index contributed by atoms with van der Waals surface area (Å²) in [6.45, 7) is 1.69. The summed E-state index contributed by atoms with van der Waals surface area (Å²) in [4.78, 5) is 4.46. The standard InChI is InChI=1S/C17H22N4O4S2/c18-26(22,23)15-5-3-14(4-6-15)9-10-19-17-8-7-16(13-20-17)27(24,25)21-11-1-2-12-21/h3-8,13H,1-2,9-12H2,(H,19,20)(H2,18,22,23). The quantitative estimate of drug-likeness (QED) is 0.706. The second kappa shape index (κ2) is 7.93. The number of nitrogens with two attached hydrogens (primary N) is 1. The first-order chi connectivity index (χ1) is 12.8. The molecule has 1 aliphatic heterocycles. The van der Waals surface area contributed by atoms with Crippen molar-refractivity contribution < 1.29 is 16.8 Å². The summed E-state index contributed by atoms with van der Waals surface area (Å²) >= 11 is 0. The predicted molar refractivity (Wildman–Crippen MR) is 102 cm³/mol. The Morgan fingerprint density at radius 2 is 1.59 bits per heavy atom. The molecular weight excluding hydrogens is 388 g/mol. The Balaban J connectivity index is 1.56. The highest BCUT2D eigenvalue weighted by Crippen LogP contribution is 2.21. The zero-order valence-corrected chi connectivity index (χ0v) is 16.3. The summed E-state index contributed by atoms with van der Waals surface area (Å²) < 4.78 is 48.9. The lowest BCUT2D eigenvalue weighted by atomic mass is 10.1. The van der Waals surface area contributed by atoms with Crippen LogP contribution >= 0.6 is 0 Å². The molecular formula is C17H22N4O4S2. The molecule has 0 saturated carbocycles. The van der Waals surface area contributed by atoms with Crippen molar-refractivity contribution >= 4 is 25.9 Å². The van der Waals surface area contributed by atoms with Crippen molar-refractivity contribution in [2.45, 2.75) is 29.1 Å². The van der Waals surface area contributed by atoms with Crippen LogP contribution in [0.3, 0.4) is 0 Å². The van der Waals surface area contributed by atoms with Crippen LogP contribution in [0, 0.1) is 0 Å². The Labute approximate surface area is 159 Å². The van der Waals surface area contributed by atoms with E-state index in [1.54, 1.807) is 24.3 Å². The van der Waals surface area contributed by atoms with Gasteiger partial charge in [-0.05, 0) is 49.1 Å². The average Bonchev–Trinajstić information content (AvgIpc) is 3.17. The molecule has 1 fully saturated rings. The van der Waals surface area contributed by atoms with Gasteiger partial charge in [-0.2, -0.15) is 4.31 Å². The number of sulfonamides is 2. The minimum atomic E-state index is -3.68. The largest absolute Gasteiger partial charge is 0.370 e. The highest BCUT2D eigenvalue weighted by molar-refractivity contribution is 7.89. The van der Waals surface area contributed by atoms with Crippen LogP contribution in [0.1, 0.15) is 18.4 Å². The molecule has 2 aromatic rings. The maximum atomic E-state index is 12.5. The van der Waals surface area contributed by atoms with Gasteiger partial charge in [0.2, 0.25) is 20.0 Å². The SMILES string of the molecule is NS(=O)(=O)c1ccc(CCNc2ccc(S(=O)(=O)N3CCCC3)cn2)cc1. The maximum Gasteiger partial charge on any atom is 0.244 e. The molecule has 146 valence electrons. The maximum absolute atomic E-state index is 12.5. The van der Waals surface area contributed by atoms with E-state index < -0.39 is 20.0 Å². The number of anilines is 1. The molecule has 0 bridgehead atoms. The summed E-state index contributed by atoms with van der Waals surface area (Å²) in [6.07, 6.45) is 3.81. The molecule has 0 atom stereocenters. The van der Waals surface area contributed by atoms with E-state index in [1.165, 1.54) is 22.6 Å². The Hall–Kier alpha value is -2.01. The minimum absolute atomic E-state index is 0.0793. The van der Waals surface area contributed by atoms with E-state index in [4.69, 9.17) is 5.14 Å². The van der Waals surface area contributed by atoms with Crippen LogP contribution in [0.2, 0.25) is 0 Å². The van der Waals surface area contributed by atoms with Crippen LogP contribution in [0.15, 0.2) is 52.4 Å². The van der Waals surface area contributed by atoms with Crippen molar-refractivity contribution in [3.05, 3.63) is 48.2 Å². The van der Waals surface area contributed by atoms with Crippen molar-refractivity contribution in [3.8, 4) is 0 Å². The molecule has 2 heterocycles. The van der Waals surface area contributed by atoms with Crippen molar-refractivity contribution in [2.24, 2.45) is 5.14 Å². The highest BCUT2D eigenvalue weighted by atomic mass is 32.2. The molecule has 0 amide bonds. The topological polar surface area (TPSA) is 122 Å². The van der Waals surface area contributed by atoms with Gasteiger partial charge < -0.3 is 5.32 Å². The molecule has 0 unspecified atom stereocenters. The lowest BCUT2D eigenvalue weighted by molar-refractivity contribution is 0.477. The summed E-state index contributed by atoms with van der Waals surface area (Å²) in [6, 6.07) is 9.57. The Bertz CT molecular complexity index is 982. The molecule has 0 aliphatic carbocycles. The average molecular weight is 411 g/mol. The summed E-state index contributed by atoms with van der Waals surface area (Å²) in [7, 11) is -7.14. The number of hydrogen-bond donors (Lipinski definition) is 2. The van der Waals surface area contributed by atoms with E-state index in [0.29, 0.717) is 31.9 Å². The molecule has 1 aromatic heterocycles. The van der Waals surface area contributed by atoms with Crippen molar-refractivity contribution in [2.75, 3.05) is 25.0 Å². The molecule has 27 heavy (non-hydrogen) atoms. The molecule has 1 aromatic carbocycles. The van der Waals surface area contributed by atoms with E-state index in [-0.39, 0.29) is 9.79 Å². The van der Waals surface area contributed by atoms with E-state index in [1.807, 2.05) is 0 Å². The van der Waals surface area contributed by atoms with Crippen LogP contribution < -0.4 is 10.5 Å². The van der Waals surface area contributed by atoms with Crippen LogP contribution in [-0.2, 0) is 26.5 Å². The molecule has 1 aliphatic rings. The molecule has 3 rings (SSSR count). The minimum Gasteiger partial charge on any atom is -0.370 e. The zero-order valence-electron chi connectivity index (χ0n) is 14.7. The molecule has 1 saturated heterocycles. The number of nitrogens with zero attached hydrogens (tertiary/aromatic N) is 2. The van der Waals surface area contributed by atoms with Gasteiger partial charge in [0.05, 0.1) is 4.90 Å². The van der Waals surface area contributed by atoms with E-state index in [0.717, 1.165) is 18.4 Å². The number of primary sulfonamides is 1. The Morgan fingerprint density at radius 1 is 0.963 bits per heavy atom. The van der Waals surface area contributed by atoms with E-state index in [2.05, 4.69) is 10.3 Å². The molecule has 10 heteroatoms. The van der Waals surface area contributed by atoms with Gasteiger partial charge in [-0.1, -0.05) is 12.1 Å². The van der Waals surface area contributed by atoms with Gasteiger partial charge in [0, 0.05) is 25.8 Å². The van der Waals surface area contributed by atoms with Crippen LogP contribution in [0.25, 0.3) is 0 Å². The van der Waals surface area contributed by atoms with Crippen molar-refractivity contribution in [3.63, 3.8) is 0 Å². The fraction of sp³-hybridized carbons (Fsp3) is 0.353. The van der Waals surface area contributed by atoms with Gasteiger partial charge in [-0.3, -0.25) is 0 Å². The van der Waals surface area contributed by atoms with Gasteiger partial charge in [-0.15, -0.1) is 0 Å². The van der Waals surface area contributed by atoms with Crippen molar-refractivity contribution in [1.82, 2.24) is 9.29 Å². The summed E-state index contributed by atoms with van der Waals surface area (Å²) in [5.74, 6) is 0.580. The predicted octanol–water partition coefficient (Wildman–Crippen LogP) is 1.17. The second-order valence-electron chi connectivity index (χ2n) is 6.36. The first kappa shape index (κ1) is 19.7. The fourth-order valence-electron chi connectivity index (χ4n) is 2.90. The molecule has 0 radical (unpaired) electrons. The van der Waals surface area contributed by atoms with Gasteiger partial charge >= 0.3 is 0 Å². The monoisotopic (exact) mass is 410 g/mol. The number of aromatic nitrogens is 1. The number of nitrogens with one attached hydrogen (secondary N) is 1. The van der Waals surface area contributed by atoms with Gasteiger partial charge in [-0.25, -0.2) is 27.0 Å². The summed E-state index contributed by atoms with van der Waals surface area (Å²) in [5.41, 5.74) is 0.947. The Kier molecular flexibility index (Phi) is 5.80. The molecule has 8 nitrogen and oxygen atoms in total. The number of benzene rings is 1. The highest BCUT2D eigenvalue weighted by Gasteiger charge is 2.27. The fourth-order valence-corrected chi connectivity index (χ4v) is 4.87. The third-order valence-corrected chi connectivity index (χ3v) is 7.22. The molecule has 3 N–H and O–H groups in total. The molecule has 0 spiro atoms.